The van der Waals surface area contributed by atoms with Crippen molar-refractivity contribution in [2.75, 3.05) is 44.6 Å². The Hall–Kier alpha value is -3.95. The van der Waals surface area contributed by atoms with Crippen LogP contribution in [0.2, 0.25) is 0 Å². The van der Waals surface area contributed by atoms with Gasteiger partial charge in [-0.1, -0.05) is 62.4 Å². The molecule has 1 amide bonds. The van der Waals surface area contributed by atoms with Crippen molar-refractivity contribution in [2.45, 2.75) is 24.2 Å². The number of amides is 1. The van der Waals surface area contributed by atoms with Crippen LogP contribution in [0.3, 0.4) is 0 Å². The minimum atomic E-state index is -3.96. The number of hydrogen-bond acceptors (Lipinski definition) is 6. The number of carbonyl (C=O) groups is 1. The van der Waals surface area contributed by atoms with E-state index in [-0.39, 0.29) is 27.7 Å². The van der Waals surface area contributed by atoms with Crippen LogP contribution in [-0.2, 0) is 15.4 Å². The van der Waals surface area contributed by atoms with Gasteiger partial charge in [-0.3, -0.25) is 19.4 Å². The molecule has 4 aromatic rings. The Morgan fingerprint density at radius 3 is 2.40 bits per heavy atom. The molecule has 1 fully saturated rings. The van der Waals surface area contributed by atoms with Gasteiger partial charge in [-0.05, 0) is 35.9 Å². The molecule has 2 heterocycles. The van der Waals surface area contributed by atoms with Gasteiger partial charge in [0.05, 0.1) is 18.3 Å². The number of benzene rings is 3. The van der Waals surface area contributed by atoms with E-state index in [1.165, 1.54) is 18.7 Å². The summed E-state index contributed by atoms with van der Waals surface area (Å²) in [5.74, 6) is 0.166. The molecule has 0 bridgehead atoms. The summed E-state index contributed by atoms with van der Waals surface area (Å²) in [5, 5.41) is 0.724. The lowest BCUT2D eigenvalue weighted by atomic mass is 9.84. The average molecular weight is 559 g/mol. The van der Waals surface area contributed by atoms with Crippen LogP contribution in [0.15, 0.2) is 90.0 Å². The first-order chi connectivity index (χ1) is 19.2. The monoisotopic (exact) mass is 558 g/mol. The number of nitrogens with one attached hydrogen (secondary N) is 1. The molecule has 3 aromatic carbocycles. The Kier molecular flexibility index (Phi) is 7.78. The van der Waals surface area contributed by atoms with Crippen LogP contribution in [0.5, 0.6) is 5.75 Å². The van der Waals surface area contributed by atoms with Crippen molar-refractivity contribution in [3.63, 3.8) is 0 Å². The van der Waals surface area contributed by atoms with E-state index in [1.54, 1.807) is 36.5 Å². The normalized spacial score (nSPS) is 14.7. The molecule has 1 saturated heterocycles. The van der Waals surface area contributed by atoms with Gasteiger partial charge in [-0.15, -0.1) is 0 Å². The molecule has 208 valence electrons. The Morgan fingerprint density at radius 1 is 0.950 bits per heavy atom. The van der Waals surface area contributed by atoms with E-state index in [0.29, 0.717) is 24.2 Å². The van der Waals surface area contributed by atoms with Crippen LogP contribution in [0.25, 0.3) is 10.9 Å². The number of carbonyl (C=O) groups excluding carboxylic acids is 1. The zero-order valence-electron chi connectivity index (χ0n) is 23.0. The van der Waals surface area contributed by atoms with Crippen molar-refractivity contribution in [1.29, 1.82) is 0 Å². The fourth-order valence-electron chi connectivity index (χ4n) is 5.23. The van der Waals surface area contributed by atoms with Crippen molar-refractivity contribution in [2.24, 2.45) is 0 Å². The SMILES string of the molecule is COc1cc(C(=O)N2CCN(CC(C)(C)c3ccccc3)CC2)ccc1NS(=O)(=O)c1cccc2cccnc12. The summed E-state index contributed by atoms with van der Waals surface area (Å²) in [4.78, 5) is 21.9. The summed E-state index contributed by atoms with van der Waals surface area (Å²) >= 11 is 0. The number of anilines is 1. The van der Waals surface area contributed by atoms with Crippen LogP contribution < -0.4 is 9.46 Å². The molecular formula is C31H34N4O4S. The maximum absolute atomic E-state index is 13.4. The Balaban J connectivity index is 1.26. The fourth-order valence-corrected chi connectivity index (χ4v) is 6.48. The number of methoxy groups -OCH3 is 1. The number of hydrogen-bond donors (Lipinski definition) is 1. The molecule has 0 spiro atoms. The minimum absolute atomic E-state index is 0.00602. The maximum atomic E-state index is 13.4. The quantitative estimate of drug-likeness (QED) is 0.335. The van der Waals surface area contributed by atoms with Gasteiger partial charge in [0.2, 0.25) is 0 Å². The van der Waals surface area contributed by atoms with Crippen LogP contribution >= 0.6 is 0 Å². The molecule has 8 nitrogen and oxygen atoms in total. The number of aromatic nitrogens is 1. The lowest BCUT2D eigenvalue weighted by molar-refractivity contribution is 0.0613. The van der Waals surface area contributed by atoms with Crippen molar-refractivity contribution in [3.8, 4) is 5.75 Å². The summed E-state index contributed by atoms with van der Waals surface area (Å²) in [6.45, 7) is 8.22. The molecule has 40 heavy (non-hydrogen) atoms. The summed E-state index contributed by atoms with van der Waals surface area (Å²) in [6, 6.07) is 23.9. The third kappa shape index (κ3) is 5.80. The third-order valence-corrected chi connectivity index (χ3v) is 8.81. The first-order valence-corrected chi connectivity index (χ1v) is 14.8. The van der Waals surface area contributed by atoms with Crippen LogP contribution in [0.1, 0.15) is 29.8 Å². The largest absolute Gasteiger partial charge is 0.495 e. The molecule has 0 unspecified atom stereocenters. The summed E-state index contributed by atoms with van der Waals surface area (Å²) in [6.07, 6.45) is 1.56. The number of sulfonamides is 1. The van der Waals surface area contributed by atoms with Crippen molar-refractivity contribution in [1.82, 2.24) is 14.8 Å². The van der Waals surface area contributed by atoms with E-state index >= 15 is 0 Å². The number of ether oxygens (including phenoxy) is 1. The van der Waals surface area contributed by atoms with Crippen LogP contribution in [-0.4, -0.2) is 68.9 Å². The molecule has 1 N–H and O–H groups in total. The van der Waals surface area contributed by atoms with E-state index in [1.807, 2.05) is 23.1 Å². The highest BCUT2D eigenvalue weighted by Crippen LogP contribution is 2.31. The predicted molar refractivity (Wildman–Crippen MR) is 157 cm³/mol. The summed E-state index contributed by atoms with van der Waals surface area (Å²) in [5.41, 5.74) is 2.39. The van der Waals surface area contributed by atoms with E-state index in [2.05, 4.69) is 52.7 Å². The Labute approximate surface area is 235 Å². The molecular weight excluding hydrogens is 524 g/mol. The second-order valence-corrected chi connectivity index (χ2v) is 12.3. The lowest BCUT2D eigenvalue weighted by Gasteiger charge is -2.39. The highest BCUT2D eigenvalue weighted by Gasteiger charge is 2.28. The Bertz CT molecular complexity index is 1610. The van der Waals surface area contributed by atoms with Gasteiger partial charge in [0.1, 0.15) is 10.6 Å². The molecule has 0 aliphatic carbocycles. The van der Waals surface area contributed by atoms with Gasteiger partial charge in [0, 0.05) is 55.3 Å². The number of nitrogens with zero attached hydrogens (tertiary/aromatic N) is 3. The minimum Gasteiger partial charge on any atom is -0.495 e. The highest BCUT2D eigenvalue weighted by molar-refractivity contribution is 7.93. The van der Waals surface area contributed by atoms with Gasteiger partial charge >= 0.3 is 0 Å². The standard InChI is InChI=1S/C31H34N4O4S/c1-31(2,25-11-5-4-6-12-25)22-34-17-19-35(20-18-34)30(36)24-14-15-26(27(21-24)39-3)33-40(37,38)28-13-7-9-23-10-8-16-32-29(23)28/h4-16,21,33H,17-20,22H2,1-3H3. The third-order valence-electron chi connectivity index (χ3n) is 7.41. The second kappa shape index (κ2) is 11.3. The van der Waals surface area contributed by atoms with Crippen molar-refractivity contribution < 1.29 is 17.9 Å². The lowest BCUT2D eigenvalue weighted by Crippen LogP contribution is -2.51. The van der Waals surface area contributed by atoms with Crippen molar-refractivity contribution in [3.05, 3.63) is 96.2 Å². The first-order valence-electron chi connectivity index (χ1n) is 13.3. The highest BCUT2D eigenvalue weighted by atomic mass is 32.2. The van der Waals surface area contributed by atoms with Gasteiger partial charge in [-0.25, -0.2) is 8.42 Å². The molecule has 1 aliphatic rings. The molecule has 0 atom stereocenters. The van der Waals surface area contributed by atoms with E-state index in [0.717, 1.165) is 25.0 Å². The van der Waals surface area contributed by atoms with Gasteiger partial charge in [0.15, 0.2) is 0 Å². The molecule has 5 rings (SSSR count). The van der Waals surface area contributed by atoms with Gasteiger partial charge < -0.3 is 9.64 Å². The summed E-state index contributed by atoms with van der Waals surface area (Å²) < 4.78 is 34.7. The molecule has 9 heteroatoms. The first kappa shape index (κ1) is 27.6. The number of piperazine rings is 1. The zero-order chi connectivity index (χ0) is 28.3. The molecule has 0 saturated carbocycles. The van der Waals surface area contributed by atoms with E-state index in [9.17, 15) is 13.2 Å². The smallest absolute Gasteiger partial charge is 0.264 e. The summed E-state index contributed by atoms with van der Waals surface area (Å²) in [7, 11) is -2.51. The number of para-hydroxylation sites is 1. The number of rotatable bonds is 8. The zero-order valence-corrected chi connectivity index (χ0v) is 23.8. The fraction of sp³-hybridized carbons (Fsp3) is 0.290. The maximum Gasteiger partial charge on any atom is 0.264 e. The predicted octanol–water partition coefficient (Wildman–Crippen LogP) is 4.78. The van der Waals surface area contributed by atoms with Gasteiger partial charge in [-0.2, -0.15) is 0 Å². The van der Waals surface area contributed by atoms with Crippen LogP contribution in [0, 0.1) is 0 Å². The molecule has 0 radical (unpaired) electrons. The van der Waals surface area contributed by atoms with E-state index < -0.39 is 10.0 Å². The van der Waals surface area contributed by atoms with Crippen LogP contribution in [0.4, 0.5) is 5.69 Å². The molecule has 1 aliphatic heterocycles. The second-order valence-electron chi connectivity index (χ2n) is 10.7. The number of fused-ring (bicyclic) bond motifs is 1. The topological polar surface area (TPSA) is 91.8 Å². The average Bonchev–Trinajstić information content (AvgIpc) is 2.97. The number of pyridine rings is 1. The van der Waals surface area contributed by atoms with Crippen molar-refractivity contribution >= 4 is 32.5 Å². The Morgan fingerprint density at radius 2 is 1.68 bits per heavy atom. The van der Waals surface area contributed by atoms with E-state index in [4.69, 9.17) is 4.74 Å². The molecule has 1 aromatic heterocycles. The van der Waals surface area contributed by atoms with Gasteiger partial charge in [0.25, 0.3) is 15.9 Å².